The zero-order valence-corrected chi connectivity index (χ0v) is 11.8. The summed E-state index contributed by atoms with van der Waals surface area (Å²) in [4.78, 5) is 8.82. The van der Waals surface area contributed by atoms with Crippen molar-refractivity contribution in [1.82, 2.24) is 9.97 Å². The molecular formula is C15H17ClN2. The summed E-state index contributed by atoms with van der Waals surface area (Å²) in [6, 6.07) is 6.33. The second kappa shape index (κ2) is 5.49. The second-order valence-corrected chi connectivity index (χ2v) is 4.95. The fourth-order valence-corrected chi connectivity index (χ4v) is 2.50. The molecule has 3 heteroatoms. The number of rotatable bonds is 3. The van der Waals surface area contributed by atoms with Crippen LogP contribution in [0, 0.1) is 20.8 Å². The number of halogens is 1. The van der Waals surface area contributed by atoms with Gasteiger partial charge in [-0.05, 0) is 38.0 Å². The Hall–Kier alpha value is -1.41. The van der Waals surface area contributed by atoms with Crippen molar-refractivity contribution in [2.45, 2.75) is 27.2 Å². The van der Waals surface area contributed by atoms with Gasteiger partial charge in [0.2, 0.25) is 0 Å². The molecule has 1 heterocycles. The van der Waals surface area contributed by atoms with Gasteiger partial charge in [0.05, 0.1) is 5.69 Å². The molecule has 0 saturated heterocycles. The molecule has 0 aliphatic carbocycles. The van der Waals surface area contributed by atoms with Gasteiger partial charge in [0, 0.05) is 24.1 Å². The largest absolute Gasteiger partial charge is 0.241 e. The molecule has 0 aliphatic rings. The van der Waals surface area contributed by atoms with Gasteiger partial charge in [-0.2, -0.15) is 0 Å². The van der Waals surface area contributed by atoms with Crippen LogP contribution in [0.15, 0.2) is 24.4 Å². The van der Waals surface area contributed by atoms with Crippen LogP contribution in [0.1, 0.15) is 22.5 Å². The first-order chi connectivity index (χ1) is 8.61. The van der Waals surface area contributed by atoms with E-state index in [0.717, 1.165) is 11.5 Å². The van der Waals surface area contributed by atoms with Crippen LogP contribution in [0.4, 0.5) is 0 Å². The van der Waals surface area contributed by atoms with Crippen molar-refractivity contribution in [3.63, 3.8) is 0 Å². The molecule has 0 aliphatic heterocycles. The molecule has 0 bridgehead atoms. The van der Waals surface area contributed by atoms with E-state index in [4.69, 9.17) is 11.6 Å². The number of aromatic nitrogens is 2. The van der Waals surface area contributed by atoms with Gasteiger partial charge >= 0.3 is 0 Å². The summed E-state index contributed by atoms with van der Waals surface area (Å²) in [5.41, 5.74) is 5.98. The van der Waals surface area contributed by atoms with Crippen LogP contribution >= 0.6 is 11.6 Å². The molecule has 0 atom stereocenters. The Morgan fingerprint density at radius 3 is 2.39 bits per heavy atom. The maximum atomic E-state index is 5.74. The molecule has 0 unspecified atom stereocenters. The quantitative estimate of drug-likeness (QED) is 0.784. The molecule has 0 N–H and O–H groups in total. The van der Waals surface area contributed by atoms with Gasteiger partial charge in [0.1, 0.15) is 5.82 Å². The smallest absolute Gasteiger partial charge is 0.130 e. The van der Waals surface area contributed by atoms with Gasteiger partial charge in [0.25, 0.3) is 0 Å². The van der Waals surface area contributed by atoms with E-state index in [1.807, 2.05) is 12.3 Å². The number of benzene rings is 1. The van der Waals surface area contributed by atoms with Gasteiger partial charge in [0.15, 0.2) is 0 Å². The minimum absolute atomic E-state index is 0.551. The number of nitrogens with zero attached hydrogens (tertiary/aromatic N) is 2. The number of hydrogen-bond acceptors (Lipinski definition) is 2. The number of aryl methyl sites for hydroxylation is 4. The standard InChI is InChI=1S/C15H17ClN2/c1-10-8-11(2)15(12(3)9-10)13-5-7-17-14(18-13)4-6-16/h5,7-9H,4,6H2,1-3H3. The van der Waals surface area contributed by atoms with Crippen molar-refractivity contribution in [1.29, 1.82) is 0 Å². The van der Waals surface area contributed by atoms with E-state index in [2.05, 4.69) is 42.9 Å². The molecule has 1 aromatic heterocycles. The summed E-state index contributed by atoms with van der Waals surface area (Å²) in [6.45, 7) is 6.36. The van der Waals surface area contributed by atoms with Gasteiger partial charge in [-0.15, -0.1) is 11.6 Å². The summed E-state index contributed by atoms with van der Waals surface area (Å²) in [6.07, 6.45) is 2.52. The molecule has 18 heavy (non-hydrogen) atoms. The molecule has 2 rings (SSSR count). The minimum atomic E-state index is 0.551. The minimum Gasteiger partial charge on any atom is -0.241 e. The zero-order valence-electron chi connectivity index (χ0n) is 11.0. The van der Waals surface area contributed by atoms with Gasteiger partial charge in [-0.1, -0.05) is 17.7 Å². The van der Waals surface area contributed by atoms with Crippen LogP contribution in [-0.4, -0.2) is 15.8 Å². The van der Waals surface area contributed by atoms with Crippen LogP contribution < -0.4 is 0 Å². The van der Waals surface area contributed by atoms with Crippen molar-refractivity contribution in [2.75, 3.05) is 5.88 Å². The molecule has 1 aromatic carbocycles. The lowest BCUT2D eigenvalue weighted by Gasteiger charge is -2.11. The molecule has 0 fully saturated rings. The van der Waals surface area contributed by atoms with Crippen LogP contribution in [0.3, 0.4) is 0 Å². The molecule has 2 aromatic rings. The van der Waals surface area contributed by atoms with E-state index in [0.29, 0.717) is 12.3 Å². The molecular weight excluding hydrogens is 244 g/mol. The summed E-state index contributed by atoms with van der Waals surface area (Å²) in [5.74, 6) is 1.36. The monoisotopic (exact) mass is 260 g/mol. The second-order valence-electron chi connectivity index (χ2n) is 4.57. The molecule has 0 radical (unpaired) electrons. The maximum absolute atomic E-state index is 5.74. The van der Waals surface area contributed by atoms with E-state index in [1.165, 1.54) is 22.3 Å². The number of hydrogen-bond donors (Lipinski definition) is 0. The first-order valence-electron chi connectivity index (χ1n) is 6.08. The summed E-state index contributed by atoms with van der Waals surface area (Å²) >= 11 is 5.74. The van der Waals surface area contributed by atoms with Crippen LogP contribution in [-0.2, 0) is 6.42 Å². The zero-order chi connectivity index (χ0) is 13.1. The SMILES string of the molecule is Cc1cc(C)c(-c2ccnc(CCCl)n2)c(C)c1. The molecule has 0 amide bonds. The molecule has 0 spiro atoms. The summed E-state index contributed by atoms with van der Waals surface area (Å²) < 4.78 is 0. The highest BCUT2D eigenvalue weighted by atomic mass is 35.5. The first kappa shape index (κ1) is 13.0. The van der Waals surface area contributed by atoms with Crippen molar-refractivity contribution in [3.05, 3.63) is 46.9 Å². The van der Waals surface area contributed by atoms with Crippen LogP contribution in [0.5, 0.6) is 0 Å². The Labute approximate surface area is 113 Å². The lowest BCUT2D eigenvalue weighted by Crippen LogP contribution is -1.99. The Balaban J connectivity index is 2.51. The van der Waals surface area contributed by atoms with Crippen LogP contribution in [0.25, 0.3) is 11.3 Å². The van der Waals surface area contributed by atoms with Crippen molar-refractivity contribution >= 4 is 11.6 Å². The van der Waals surface area contributed by atoms with E-state index >= 15 is 0 Å². The third-order valence-corrected chi connectivity index (χ3v) is 3.15. The normalized spacial score (nSPS) is 10.7. The van der Waals surface area contributed by atoms with E-state index in [-0.39, 0.29) is 0 Å². The van der Waals surface area contributed by atoms with Crippen molar-refractivity contribution < 1.29 is 0 Å². The lowest BCUT2D eigenvalue weighted by atomic mass is 9.97. The van der Waals surface area contributed by atoms with E-state index in [9.17, 15) is 0 Å². The van der Waals surface area contributed by atoms with Gasteiger partial charge in [-0.3, -0.25) is 0 Å². The highest BCUT2D eigenvalue weighted by Crippen LogP contribution is 2.26. The highest BCUT2D eigenvalue weighted by Gasteiger charge is 2.09. The van der Waals surface area contributed by atoms with Crippen molar-refractivity contribution in [3.8, 4) is 11.3 Å². The van der Waals surface area contributed by atoms with E-state index in [1.54, 1.807) is 0 Å². The first-order valence-corrected chi connectivity index (χ1v) is 6.61. The van der Waals surface area contributed by atoms with E-state index < -0.39 is 0 Å². The van der Waals surface area contributed by atoms with Crippen molar-refractivity contribution in [2.24, 2.45) is 0 Å². The Morgan fingerprint density at radius 1 is 1.11 bits per heavy atom. The summed E-state index contributed by atoms with van der Waals surface area (Å²) in [5, 5.41) is 0. The molecule has 0 saturated carbocycles. The number of alkyl halides is 1. The predicted molar refractivity (Wildman–Crippen MR) is 76.1 cm³/mol. The average molecular weight is 261 g/mol. The van der Waals surface area contributed by atoms with Crippen LogP contribution in [0.2, 0.25) is 0 Å². The lowest BCUT2D eigenvalue weighted by molar-refractivity contribution is 0.946. The molecule has 94 valence electrons. The summed E-state index contributed by atoms with van der Waals surface area (Å²) in [7, 11) is 0. The Morgan fingerprint density at radius 2 is 1.78 bits per heavy atom. The third-order valence-electron chi connectivity index (χ3n) is 2.96. The average Bonchev–Trinajstić information content (AvgIpc) is 2.28. The molecule has 2 nitrogen and oxygen atoms in total. The predicted octanol–water partition coefficient (Wildman–Crippen LogP) is 3.85. The van der Waals surface area contributed by atoms with Gasteiger partial charge < -0.3 is 0 Å². The highest BCUT2D eigenvalue weighted by molar-refractivity contribution is 6.17. The Kier molecular flexibility index (Phi) is 3.97. The maximum Gasteiger partial charge on any atom is 0.130 e. The third kappa shape index (κ3) is 2.70. The van der Waals surface area contributed by atoms with Gasteiger partial charge in [-0.25, -0.2) is 9.97 Å². The Bertz CT molecular complexity index is 541. The fourth-order valence-electron chi connectivity index (χ4n) is 2.33. The topological polar surface area (TPSA) is 25.8 Å². The fraction of sp³-hybridized carbons (Fsp3) is 0.333.